The van der Waals surface area contributed by atoms with E-state index in [1.54, 1.807) is 13.3 Å². The summed E-state index contributed by atoms with van der Waals surface area (Å²) in [5.74, 6) is 1.95. The van der Waals surface area contributed by atoms with E-state index in [2.05, 4.69) is 53.7 Å². The number of benzene rings is 2. The van der Waals surface area contributed by atoms with Gasteiger partial charge in [0.1, 0.15) is 17.6 Å². The lowest BCUT2D eigenvalue weighted by Crippen LogP contribution is -2.40. The van der Waals surface area contributed by atoms with E-state index in [1.165, 1.54) is 5.56 Å². The van der Waals surface area contributed by atoms with Crippen LogP contribution in [-0.2, 0) is 7.05 Å². The maximum absolute atomic E-state index is 12.9. The Bertz CT molecular complexity index is 979. The van der Waals surface area contributed by atoms with Gasteiger partial charge in [-0.05, 0) is 41.7 Å². The number of ether oxygens (including phenoxy) is 1. The molecule has 0 radical (unpaired) electrons. The third-order valence-electron chi connectivity index (χ3n) is 5.27. The van der Waals surface area contributed by atoms with Gasteiger partial charge in [0.15, 0.2) is 0 Å². The summed E-state index contributed by atoms with van der Waals surface area (Å²) in [5, 5.41) is 6.11. The van der Waals surface area contributed by atoms with Gasteiger partial charge in [-0.25, -0.2) is 9.78 Å². The molecule has 0 saturated carbocycles. The lowest BCUT2D eigenvalue weighted by Gasteiger charge is -2.22. The summed E-state index contributed by atoms with van der Waals surface area (Å²) in [6.07, 6.45) is 3.59. The molecular weight excluding hydrogens is 376 g/mol. The third-order valence-corrected chi connectivity index (χ3v) is 5.27. The van der Waals surface area contributed by atoms with Crippen molar-refractivity contribution < 1.29 is 9.53 Å². The quantitative estimate of drug-likeness (QED) is 0.597. The molecule has 0 saturated heterocycles. The fourth-order valence-electron chi connectivity index (χ4n) is 3.40. The lowest BCUT2D eigenvalue weighted by molar-refractivity contribution is 0.235. The minimum absolute atomic E-state index is 0.126. The molecule has 1 heterocycles. The topological polar surface area (TPSA) is 68.2 Å². The van der Waals surface area contributed by atoms with Crippen LogP contribution in [0, 0.1) is 0 Å². The smallest absolute Gasteiger partial charge is 0.316 e. The number of imidazole rings is 1. The summed E-state index contributed by atoms with van der Waals surface area (Å²) in [6, 6.07) is 15.2. The average Bonchev–Trinajstić information content (AvgIpc) is 3.17. The number of aryl methyl sites for hydroxylation is 1. The maximum atomic E-state index is 12.9. The van der Waals surface area contributed by atoms with Gasteiger partial charge in [0.05, 0.1) is 13.2 Å². The van der Waals surface area contributed by atoms with E-state index in [-0.39, 0.29) is 12.1 Å². The average molecular weight is 407 g/mol. The number of hydrogen-bond donors (Lipinski definition) is 2. The van der Waals surface area contributed by atoms with Crippen molar-refractivity contribution in [3.63, 3.8) is 0 Å². The number of urea groups is 1. The summed E-state index contributed by atoms with van der Waals surface area (Å²) >= 11 is 0. The number of hydrogen-bond acceptors (Lipinski definition) is 3. The van der Waals surface area contributed by atoms with Gasteiger partial charge in [-0.15, -0.1) is 0 Å². The van der Waals surface area contributed by atoms with Gasteiger partial charge < -0.3 is 19.9 Å². The van der Waals surface area contributed by atoms with Gasteiger partial charge in [0.25, 0.3) is 0 Å². The molecule has 30 heavy (non-hydrogen) atoms. The standard InChI is InChI=1S/C24H30N4O2/c1-16(2)18-9-11-19(12-10-18)17(3)26-24(29)27-22(23-25-13-14-28(23)4)20-7-6-8-21(15-20)30-5/h6-17,22H,1-5H3,(H2,26,27,29)/t17-,22-/m1/s1. The highest BCUT2D eigenvalue weighted by Crippen LogP contribution is 2.24. The first-order valence-electron chi connectivity index (χ1n) is 10.2. The number of nitrogens with zero attached hydrogens (tertiary/aromatic N) is 2. The summed E-state index contributed by atoms with van der Waals surface area (Å²) in [5.41, 5.74) is 3.24. The van der Waals surface area contributed by atoms with Crippen LogP contribution in [0.2, 0.25) is 0 Å². The van der Waals surface area contributed by atoms with Gasteiger partial charge >= 0.3 is 6.03 Å². The maximum Gasteiger partial charge on any atom is 0.316 e. The van der Waals surface area contributed by atoms with E-state index in [9.17, 15) is 4.79 Å². The largest absolute Gasteiger partial charge is 0.497 e. The van der Waals surface area contributed by atoms with Gasteiger partial charge in [-0.1, -0.05) is 50.2 Å². The van der Waals surface area contributed by atoms with Crippen LogP contribution in [0.25, 0.3) is 0 Å². The predicted molar refractivity (Wildman–Crippen MR) is 119 cm³/mol. The lowest BCUT2D eigenvalue weighted by atomic mass is 10.00. The van der Waals surface area contributed by atoms with Crippen molar-refractivity contribution in [1.82, 2.24) is 20.2 Å². The molecule has 1 aromatic heterocycles. The second-order valence-electron chi connectivity index (χ2n) is 7.77. The molecule has 2 N–H and O–H groups in total. The molecule has 0 aliphatic carbocycles. The van der Waals surface area contributed by atoms with Gasteiger partial charge in [-0.3, -0.25) is 0 Å². The van der Waals surface area contributed by atoms with Crippen molar-refractivity contribution >= 4 is 6.03 Å². The normalized spacial score (nSPS) is 13.0. The van der Waals surface area contributed by atoms with Crippen molar-refractivity contribution in [2.24, 2.45) is 7.05 Å². The van der Waals surface area contributed by atoms with Crippen molar-refractivity contribution in [3.8, 4) is 5.75 Å². The molecule has 0 bridgehead atoms. The van der Waals surface area contributed by atoms with E-state index in [0.29, 0.717) is 5.92 Å². The highest BCUT2D eigenvalue weighted by atomic mass is 16.5. The second-order valence-corrected chi connectivity index (χ2v) is 7.77. The summed E-state index contributed by atoms with van der Waals surface area (Å²) in [4.78, 5) is 17.3. The Hall–Kier alpha value is -3.28. The van der Waals surface area contributed by atoms with Crippen molar-refractivity contribution in [2.75, 3.05) is 7.11 Å². The molecule has 6 nitrogen and oxygen atoms in total. The Kier molecular flexibility index (Phi) is 6.77. The first-order chi connectivity index (χ1) is 14.4. The van der Waals surface area contributed by atoms with Crippen LogP contribution in [0.15, 0.2) is 60.9 Å². The van der Waals surface area contributed by atoms with Crippen molar-refractivity contribution in [1.29, 1.82) is 0 Å². The van der Waals surface area contributed by atoms with Gasteiger partial charge in [-0.2, -0.15) is 0 Å². The SMILES string of the molecule is COc1cccc([C@@H](NC(=O)N[C@H](C)c2ccc(C(C)C)cc2)c2nccn2C)c1. The van der Waals surface area contributed by atoms with Gasteiger partial charge in [0, 0.05) is 19.4 Å². The Morgan fingerprint density at radius 2 is 1.70 bits per heavy atom. The molecule has 158 valence electrons. The Balaban J connectivity index is 1.77. The van der Waals surface area contributed by atoms with Crippen LogP contribution < -0.4 is 15.4 Å². The third kappa shape index (κ3) is 5.00. The van der Waals surface area contributed by atoms with Crippen LogP contribution >= 0.6 is 0 Å². The molecule has 3 aromatic rings. The van der Waals surface area contributed by atoms with Crippen LogP contribution in [0.4, 0.5) is 4.79 Å². The fraction of sp³-hybridized carbons (Fsp3) is 0.333. The van der Waals surface area contributed by atoms with Crippen LogP contribution in [0.3, 0.4) is 0 Å². The monoisotopic (exact) mass is 406 g/mol. The Labute approximate surface area is 178 Å². The molecule has 2 aromatic carbocycles. The van der Waals surface area contributed by atoms with E-state index in [0.717, 1.165) is 22.7 Å². The molecule has 2 amide bonds. The zero-order chi connectivity index (χ0) is 21.7. The predicted octanol–water partition coefficient (Wildman–Crippen LogP) is 4.70. The second kappa shape index (κ2) is 9.48. The Morgan fingerprint density at radius 3 is 2.30 bits per heavy atom. The van der Waals surface area contributed by atoms with E-state index >= 15 is 0 Å². The van der Waals surface area contributed by atoms with Crippen molar-refractivity contribution in [2.45, 2.75) is 38.8 Å². The fourth-order valence-corrected chi connectivity index (χ4v) is 3.40. The highest BCUT2D eigenvalue weighted by molar-refractivity contribution is 5.75. The van der Waals surface area contributed by atoms with Crippen LogP contribution in [0.1, 0.15) is 61.3 Å². The van der Waals surface area contributed by atoms with Crippen LogP contribution in [0.5, 0.6) is 5.75 Å². The zero-order valence-corrected chi connectivity index (χ0v) is 18.2. The number of carbonyl (C=O) groups is 1. The molecule has 0 aliphatic rings. The number of rotatable bonds is 7. The molecule has 0 unspecified atom stereocenters. The molecule has 0 aliphatic heterocycles. The highest BCUT2D eigenvalue weighted by Gasteiger charge is 2.22. The molecule has 2 atom stereocenters. The summed E-state index contributed by atoms with van der Waals surface area (Å²) in [7, 11) is 3.54. The molecular formula is C24H30N4O2. The molecule has 0 fully saturated rings. The van der Waals surface area contributed by atoms with Crippen molar-refractivity contribution in [3.05, 3.63) is 83.4 Å². The first kappa shape index (κ1) is 21.4. The number of carbonyl (C=O) groups excluding carboxylic acids is 1. The molecule has 0 spiro atoms. The molecule has 3 rings (SSSR count). The number of aromatic nitrogens is 2. The number of amides is 2. The van der Waals surface area contributed by atoms with E-state index in [4.69, 9.17) is 4.74 Å². The Morgan fingerprint density at radius 1 is 1.00 bits per heavy atom. The minimum Gasteiger partial charge on any atom is -0.497 e. The van der Waals surface area contributed by atoms with Crippen LogP contribution in [-0.4, -0.2) is 22.7 Å². The first-order valence-corrected chi connectivity index (χ1v) is 10.2. The van der Waals surface area contributed by atoms with Gasteiger partial charge in [0.2, 0.25) is 0 Å². The summed E-state index contributed by atoms with van der Waals surface area (Å²) in [6.45, 7) is 6.31. The molecule has 6 heteroatoms. The zero-order valence-electron chi connectivity index (χ0n) is 18.2. The minimum atomic E-state index is -0.407. The number of nitrogens with one attached hydrogen (secondary N) is 2. The van der Waals surface area contributed by atoms with E-state index in [1.807, 2.05) is 49.0 Å². The summed E-state index contributed by atoms with van der Waals surface area (Å²) < 4.78 is 7.25. The number of methoxy groups -OCH3 is 1. The van der Waals surface area contributed by atoms with E-state index < -0.39 is 6.04 Å².